The highest BCUT2D eigenvalue weighted by atomic mass is 16.5. The molecule has 1 atom stereocenters. The monoisotopic (exact) mass is 505 g/mol. The summed E-state index contributed by atoms with van der Waals surface area (Å²) < 4.78 is 11.5. The van der Waals surface area contributed by atoms with Gasteiger partial charge in [-0.15, -0.1) is 0 Å². The van der Waals surface area contributed by atoms with Crippen molar-refractivity contribution in [2.24, 2.45) is 0 Å². The van der Waals surface area contributed by atoms with Crippen LogP contribution < -0.4 is 25.2 Å². The van der Waals surface area contributed by atoms with Gasteiger partial charge in [-0.1, -0.05) is 12.1 Å². The number of pyridine rings is 1. The maximum Gasteiger partial charge on any atom is 0.406 e. The summed E-state index contributed by atoms with van der Waals surface area (Å²) in [6.45, 7) is 3.87. The van der Waals surface area contributed by atoms with E-state index in [1.54, 1.807) is 17.3 Å². The fourth-order valence-corrected chi connectivity index (χ4v) is 3.96. The summed E-state index contributed by atoms with van der Waals surface area (Å²) in [5, 5.41) is 5.52. The number of aromatic nitrogens is 3. The van der Waals surface area contributed by atoms with Gasteiger partial charge in [-0.05, 0) is 31.2 Å². The average molecular weight is 506 g/mol. The first-order chi connectivity index (χ1) is 18.0. The van der Waals surface area contributed by atoms with Crippen molar-refractivity contribution < 1.29 is 19.1 Å². The van der Waals surface area contributed by atoms with E-state index in [1.165, 1.54) is 7.05 Å². The van der Waals surface area contributed by atoms with E-state index in [0.29, 0.717) is 60.5 Å². The Hall–Kier alpha value is -4.41. The molecule has 3 heterocycles. The second-order valence-corrected chi connectivity index (χ2v) is 8.37. The summed E-state index contributed by atoms with van der Waals surface area (Å²) >= 11 is 0. The number of hydrogen-bond donors (Lipinski definition) is 2. The van der Waals surface area contributed by atoms with Gasteiger partial charge in [-0.2, -0.15) is 4.98 Å². The van der Waals surface area contributed by atoms with Crippen LogP contribution in [-0.4, -0.2) is 67.3 Å². The van der Waals surface area contributed by atoms with Crippen LogP contribution in [0.1, 0.15) is 35.5 Å². The molecule has 0 spiro atoms. The van der Waals surface area contributed by atoms with Gasteiger partial charge in [0.25, 0.3) is 5.91 Å². The van der Waals surface area contributed by atoms with Crippen molar-refractivity contribution in [2.75, 3.05) is 55.5 Å². The number of hydrogen-bond acceptors (Lipinski definition) is 9. The molecule has 0 fully saturated rings. The molecule has 1 aliphatic heterocycles. The fourth-order valence-electron chi connectivity index (χ4n) is 3.96. The number of ether oxygens (including phenoxy) is 2. The van der Waals surface area contributed by atoms with Crippen LogP contribution in [0.5, 0.6) is 5.75 Å². The Balaban J connectivity index is 1.56. The molecule has 4 rings (SSSR count). The summed E-state index contributed by atoms with van der Waals surface area (Å²) in [5.74, 6) is 1.47. The van der Waals surface area contributed by atoms with Crippen molar-refractivity contribution >= 4 is 29.5 Å². The zero-order valence-corrected chi connectivity index (χ0v) is 21.2. The van der Waals surface area contributed by atoms with E-state index in [0.717, 1.165) is 0 Å². The van der Waals surface area contributed by atoms with Gasteiger partial charge in [0, 0.05) is 64.3 Å². The minimum Gasteiger partial charge on any atom is -0.484 e. The zero-order chi connectivity index (χ0) is 26.2. The van der Waals surface area contributed by atoms with Crippen LogP contribution >= 0.6 is 0 Å². The smallest absolute Gasteiger partial charge is 0.406 e. The Bertz CT molecular complexity index is 1220. The molecule has 0 bridgehead atoms. The fraction of sp³-hybridized carbons (Fsp3) is 0.346. The van der Waals surface area contributed by atoms with Crippen molar-refractivity contribution in [3.63, 3.8) is 0 Å². The van der Waals surface area contributed by atoms with E-state index in [2.05, 4.69) is 25.6 Å². The molecule has 194 valence electrons. The molecular weight excluding hydrogens is 474 g/mol. The molecule has 0 saturated heterocycles. The molecule has 0 aliphatic carbocycles. The lowest BCUT2D eigenvalue weighted by Crippen LogP contribution is -2.33. The van der Waals surface area contributed by atoms with Crippen molar-refractivity contribution in [1.29, 1.82) is 0 Å². The lowest BCUT2D eigenvalue weighted by Gasteiger charge is -2.23. The molecule has 3 aromatic rings. The molecule has 1 aliphatic rings. The van der Waals surface area contributed by atoms with Crippen LogP contribution in [-0.2, 0) is 4.74 Å². The Labute approximate surface area is 215 Å². The van der Waals surface area contributed by atoms with E-state index in [-0.39, 0.29) is 12.5 Å². The third kappa shape index (κ3) is 6.24. The molecule has 0 radical (unpaired) electrons. The normalized spacial score (nSPS) is 13.9. The molecule has 11 nitrogen and oxygen atoms in total. The van der Waals surface area contributed by atoms with Crippen LogP contribution in [0.25, 0.3) is 0 Å². The first kappa shape index (κ1) is 25.7. The highest BCUT2D eigenvalue weighted by molar-refractivity contribution is 6.09. The number of carbonyl (C=O) groups is 2. The summed E-state index contributed by atoms with van der Waals surface area (Å²) in [6, 6.07) is 12.9. The lowest BCUT2D eigenvalue weighted by molar-refractivity contribution is 0.0989. The lowest BCUT2D eigenvalue weighted by atomic mass is 10.1. The molecule has 2 N–H and O–H groups in total. The van der Waals surface area contributed by atoms with E-state index >= 15 is 0 Å². The van der Waals surface area contributed by atoms with E-state index < -0.39 is 12.2 Å². The Morgan fingerprint density at radius 1 is 1.16 bits per heavy atom. The van der Waals surface area contributed by atoms with Gasteiger partial charge < -0.3 is 29.9 Å². The number of carbonyl (C=O) groups excluding carboxylic acids is 2. The van der Waals surface area contributed by atoms with E-state index in [1.807, 2.05) is 61.3 Å². The summed E-state index contributed by atoms with van der Waals surface area (Å²) in [4.78, 5) is 41.9. The number of rotatable bonds is 9. The Morgan fingerprint density at radius 2 is 2.03 bits per heavy atom. The van der Waals surface area contributed by atoms with Crippen molar-refractivity contribution in [3.05, 3.63) is 66.1 Å². The number of anilines is 3. The number of nitrogens with zero attached hydrogens (tertiary/aromatic N) is 5. The largest absolute Gasteiger partial charge is 0.484 e. The van der Waals surface area contributed by atoms with Crippen molar-refractivity contribution in [3.8, 4) is 5.75 Å². The molecule has 37 heavy (non-hydrogen) atoms. The number of alkyl carbamates (subject to hydrolysis) is 1. The van der Waals surface area contributed by atoms with Gasteiger partial charge in [0.05, 0.1) is 12.3 Å². The minimum absolute atomic E-state index is 0.156. The van der Waals surface area contributed by atoms with Crippen LogP contribution in [0.15, 0.2) is 54.9 Å². The molecular formula is C26H31N7O4. The molecule has 1 unspecified atom stereocenters. The third-order valence-corrected chi connectivity index (χ3v) is 5.84. The molecule has 2 amide bonds. The standard InChI is InChI=1S/C26H31N7O4/c1-4-28-25-30-17-20-23(31-25)32(3)13-14-33(24(20)34)18-8-7-9-19(16-18)37-22(11-15-36-26(35)27-2)21-10-5-6-12-29-21/h5-10,12,16-17,22H,4,11,13-15H2,1-3H3,(H,27,35)(H,28,30,31). The van der Waals surface area contributed by atoms with Gasteiger partial charge in [0.1, 0.15) is 23.2 Å². The van der Waals surface area contributed by atoms with Crippen LogP contribution in [0.4, 0.5) is 22.2 Å². The SMILES string of the molecule is CCNc1ncc2c(n1)N(C)CCN(c1cccc(OC(CCOC(=O)NC)c3ccccn3)c1)C2=O. The zero-order valence-electron chi connectivity index (χ0n) is 21.2. The first-order valence-corrected chi connectivity index (χ1v) is 12.2. The van der Waals surface area contributed by atoms with Crippen LogP contribution in [0.3, 0.4) is 0 Å². The Morgan fingerprint density at radius 3 is 2.78 bits per heavy atom. The van der Waals surface area contributed by atoms with E-state index in [4.69, 9.17) is 9.47 Å². The summed E-state index contributed by atoms with van der Waals surface area (Å²) in [5.41, 5.74) is 1.84. The van der Waals surface area contributed by atoms with Gasteiger partial charge in [-0.3, -0.25) is 9.78 Å². The Kier molecular flexibility index (Phi) is 8.34. The predicted molar refractivity (Wildman–Crippen MR) is 140 cm³/mol. The summed E-state index contributed by atoms with van der Waals surface area (Å²) in [6.07, 6.45) is 2.70. The second-order valence-electron chi connectivity index (χ2n) is 8.37. The minimum atomic E-state index is -0.506. The number of fused-ring (bicyclic) bond motifs is 1. The number of nitrogens with one attached hydrogen (secondary N) is 2. The second kappa shape index (κ2) is 12.0. The van der Waals surface area contributed by atoms with Crippen LogP contribution in [0, 0.1) is 0 Å². The topological polar surface area (TPSA) is 122 Å². The first-order valence-electron chi connectivity index (χ1n) is 12.2. The highest BCUT2D eigenvalue weighted by Gasteiger charge is 2.28. The number of likely N-dealkylation sites (N-methyl/N-ethyl adjacent to an activating group) is 1. The average Bonchev–Trinajstić information content (AvgIpc) is 3.04. The predicted octanol–water partition coefficient (Wildman–Crippen LogP) is 3.27. The van der Waals surface area contributed by atoms with E-state index in [9.17, 15) is 9.59 Å². The van der Waals surface area contributed by atoms with Crippen molar-refractivity contribution in [1.82, 2.24) is 20.3 Å². The quantitative estimate of drug-likeness (QED) is 0.451. The molecule has 0 saturated carbocycles. The number of amides is 2. The highest BCUT2D eigenvalue weighted by Crippen LogP contribution is 2.30. The van der Waals surface area contributed by atoms with Gasteiger partial charge in [0.2, 0.25) is 5.95 Å². The molecule has 1 aromatic carbocycles. The number of benzene rings is 1. The van der Waals surface area contributed by atoms with Crippen LogP contribution in [0.2, 0.25) is 0 Å². The molecule has 11 heteroatoms. The van der Waals surface area contributed by atoms with Crippen molar-refractivity contribution in [2.45, 2.75) is 19.4 Å². The summed E-state index contributed by atoms with van der Waals surface area (Å²) in [7, 11) is 3.42. The maximum atomic E-state index is 13.5. The third-order valence-electron chi connectivity index (χ3n) is 5.84. The molecule has 2 aromatic heterocycles. The van der Waals surface area contributed by atoms with Gasteiger partial charge in [-0.25, -0.2) is 9.78 Å². The van der Waals surface area contributed by atoms with Gasteiger partial charge >= 0.3 is 6.09 Å². The van der Waals surface area contributed by atoms with Gasteiger partial charge in [0.15, 0.2) is 0 Å². The maximum absolute atomic E-state index is 13.5.